The van der Waals surface area contributed by atoms with Gasteiger partial charge in [0.25, 0.3) is 0 Å². The summed E-state index contributed by atoms with van der Waals surface area (Å²) in [7, 11) is 0. The second-order valence-corrected chi connectivity index (χ2v) is 7.09. The molecule has 3 rings (SSSR count). The minimum atomic E-state index is 0.294. The Bertz CT molecular complexity index is 861. The van der Waals surface area contributed by atoms with Crippen molar-refractivity contribution in [3.63, 3.8) is 0 Å². The third-order valence-corrected chi connectivity index (χ3v) is 4.68. The lowest BCUT2D eigenvalue weighted by Gasteiger charge is -2.35. The van der Waals surface area contributed by atoms with Crippen LogP contribution in [-0.4, -0.2) is 35.8 Å². The van der Waals surface area contributed by atoms with E-state index in [9.17, 15) is 0 Å². The molecule has 3 heterocycles. The monoisotopic (exact) mass is 368 g/mol. The van der Waals surface area contributed by atoms with Crippen molar-refractivity contribution in [1.82, 2.24) is 9.97 Å². The Morgan fingerprint density at radius 2 is 2.19 bits per heavy atom. The van der Waals surface area contributed by atoms with Crippen LogP contribution in [-0.2, 0) is 4.74 Å². The zero-order valence-corrected chi connectivity index (χ0v) is 16.1. The maximum atomic E-state index is 6.10. The predicted molar refractivity (Wildman–Crippen MR) is 110 cm³/mol. The van der Waals surface area contributed by atoms with Crippen LogP contribution in [0.25, 0.3) is 11.0 Å². The molecule has 7 heteroatoms. The Morgan fingerprint density at radius 1 is 1.37 bits per heavy atom. The standard InChI is InChI=1S/C20H28N6O/c1-13(2)15(10-21)8-19(22)25-20-5-4-17-18(24-20)9-16(11-23-17)26-6-7-27-12-14(26)3/h4-5,8-11,13-14H,6-7,12,21-22H2,1-3H3,(H,24,25)/b15-10+,19-8+/t14-/m0/s1. The Hall–Kier alpha value is -2.80. The number of nitrogens with zero attached hydrogens (tertiary/aromatic N) is 3. The summed E-state index contributed by atoms with van der Waals surface area (Å²) in [6.07, 6.45) is 5.31. The number of anilines is 2. The van der Waals surface area contributed by atoms with Crippen molar-refractivity contribution < 1.29 is 4.74 Å². The normalized spacial score (nSPS) is 19.0. The molecule has 0 aliphatic carbocycles. The molecule has 1 saturated heterocycles. The number of fused-ring (bicyclic) bond motifs is 1. The number of aromatic nitrogens is 2. The lowest BCUT2D eigenvalue weighted by atomic mass is 10.0. The molecule has 0 amide bonds. The molecule has 27 heavy (non-hydrogen) atoms. The van der Waals surface area contributed by atoms with Crippen molar-refractivity contribution in [3.05, 3.63) is 48.1 Å². The van der Waals surface area contributed by atoms with Crippen LogP contribution in [0.15, 0.2) is 48.1 Å². The quantitative estimate of drug-likeness (QED) is 0.697. The highest BCUT2D eigenvalue weighted by molar-refractivity contribution is 5.79. The van der Waals surface area contributed by atoms with Gasteiger partial charge < -0.3 is 26.4 Å². The van der Waals surface area contributed by atoms with Crippen LogP contribution in [0.5, 0.6) is 0 Å². The van der Waals surface area contributed by atoms with Crippen LogP contribution in [0.3, 0.4) is 0 Å². The Kier molecular flexibility index (Phi) is 5.81. The fraction of sp³-hybridized carbons (Fsp3) is 0.400. The van der Waals surface area contributed by atoms with Crippen LogP contribution in [0.4, 0.5) is 11.5 Å². The summed E-state index contributed by atoms with van der Waals surface area (Å²) in [5.41, 5.74) is 15.5. The van der Waals surface area contributed by atoms with E-state index in [0.717, 1.165) is 42.1 Å². The Balaban J connectivity index is 1.84. The molecule has 0 aromatic carbocycles. The molecule has 1 atom stereocenters. The van der Waals surface area contributed by atoms with Gasteiger partial charge in [-0.25, -0.2) is 4.98 Å². The highest BCUT2D eigenvalue weighted by Gasteiger charge is 2.19. The first-order valence-corrected chi connectivity index (χ1v) is 9.25. The molecule has 1 fully saturated rings. The maximum absolute atomic E-state index is 6.10. The van der Waals surface area contributed by atoms with Gasteiger partial charge in [0, 0.05) is 12.6 Å². The van der Waals surface area contributed by atoms with Crippen LogP contribution in [0.2, 0.25) is 0 Å². The third-order valence-electron chi connectivity index (χ3n) is 4.68. The van der Waals surface area contributed by atoms with Gasteiger partial charge in [0.2, 0.25) is 0 Å². The summed E-state index contributed by atoms with van der Waals surface area (Å²) in [5, 5.41) is 3.13. The van der Waals surface area contributed by atoms with Gasteiger partial charge in [-0.05, 0) is 48.9 Å². The number of pyridine rings is 2. The molecule has 7 nitrogen and oxygen atoms in total. The molecule has 0 saturated carbocycles. The summed E-state index contributed by atoms with van der Waals surface area (Å²) < 4.78 is 5.52. The van der Waals surface area contributed by atoms with Gasteiger partial charge in [0.1, 0.15) is 11.6 Å². The number of morpholine rings is 1. The van der Waals surface area contributed by atoms with Gasteiger partial charge in [-0.15, -0.1) is 0 Å². The average Bonchev–Trinajstić information content (AvgIpc) is 2.65. The number of hydrogen-bond acceptors (Lipinski definition) is 7. The third kappa shape index (κ3) is 4.49. The zero-order valence-electron chi connectivity index (χ0n) is 16.1. The Labute approximate surface area is 160 Å². The van der Waals surface area contributed by atoms with Crippen molar-refractivity contribution in [3.8, 4) is 0 Å². The number of nitrogens with two attached hydrogens (primary N) is 2. The van der Waals surface area contributed by atoms with Crippen molar-refractivity contribution in [2.75, 3.05) is 30.0 Å². The molecular weight excluding hydrogens is 340 g/mol. The number of rotatable bonds is 5. The van der Waals surface area contributed by atoms with Crippen LogP contribution in [0, 0.1) is 5.92 Å². The van der Waals surface area contributed by atoms with Gasteiger partial charge in [0.15, 0.2) is 0 Å². The van der Waals surface area contributed by atoms with E-state index < -0.39 is 0 Å². The van der Waals surface area contributed by atoms with Gasteiger partial charge in [-0.1, -0.05) is 13.8 Å². The molecule has 0 radical (unpaired) electrons. The molecule has 0 spiro atoms. The molecule has 5 N–H and O–H groups in total. The topological polar surface area (TPSA) is 102 Å². The van der Waals surface area contributed by atoms with Gasteiger partial charge in [0.05, 0.1) is 36.1 Å². The van der Waals surface area contributed by atoms with Gasteiger partial charge in [-0.2, -0.15) is 0 Å². The minimum absolute atomic E-state index is 0.294. The van der Waals surface area contributed by atoms with E-state index in [1.807, 2.05) is 24.4 Å². The average molecular weight is 368 g/mol. The van der Waals surface area contributed by atoms with E-state index in [1.165, 1.54) is 0 Å². The first-order valence-electron chi connectivity index (χ1n) is 9.25. The molecular formula is C20H28N6O. The molecule has 0 bridgehead atoms. The SMILES string of the molecule is CC(C)C(=C/N)/C=C(\N)Nc1ccc2ncc(N3CCOC[C@@H]3C)cc2n1. The largest absolute Gasteiger partial charge is 0.404 e. The van der Waals surface area contributed by atoms with Crippen LogP contribution >= 0.6 is 0 Å². The molecule has 1 aliphatic heterocycles. The summed E-state index contributed by atoms with van der Waals surface area (Å²) in [6.45, 7) is 8.59. The number of allylic oxidation sites excluding steroid dienone is 2. The molecule has 0 unspecified atom stereocenters. The summed E-state index contributed by atoms with van der Waals surface area (Å²) >= 11 is 0. The molecule has 2 aromatic rings. The van der Waals surface area contributed by atoms with E-state index >= 15 is 0 Å². The molecule has 144 valence electrons. The lowest BCUT2D eigenvalue weighted by Crippen LogP contribution is -2.43. The fourth-order valence-electron chi connectivity index (χ4n) is 3.10. The Morgan fingerprint density at radius 3 is 2.89 bits per heavy atom. The van der Waals surface area contributed by atoms with Crippen molar-refractivity contribution >= 4 is 22.5 Å². The lowest BCUT2D eigenvalue weighted by molar-refractivity contribution is 0.0989. The zero-order chi connectivity index (χ0) is 19.4. The summed E-state index contributed by atoms with van der Waals surface area (Å²) in [6, 6.07) is 6.19. The fourth-order valence-corrected chi connectivity index (χ4v) is 3.10. The van der Waals surface area contributed by atoms with Crippen LogP contribution in [0.1, 0.15) is 20.8 Å². The molecule has 2 aromatic heterocycles. The van der Waals surface area contributed by atoms with Crippen molar-refractivity contribution in [2.45, 2.75) is 26.8 Å². The van der Waals surface area contributed by atoms with E-state index in [0.29, 0.717) is 23.6 Å². The maximum Gasteiger partial charge on any atom is 0.132 e. The van der Waals surface area contributed by atoms with E-state index in [1.54, 1.807) is 6.20 Å². The second-order valence-electron chi connectivity index (χ2n) is 7.09. The van der Waals surface area contributed by atoms with Crippen molar-refractivity contribution in [2.24, 2.45) is 17.4 Å². The number of ether oxygens (including phenoxy) is 1. The predicted octanol–water partition coefficient (Wildman–Crippen LogP) is 2.57. The number of hydrogen-bond donors (Lipinski definition) is 3. The minimum Gasteiger partial charge on any atom is -0.404 e. The first-order chi connectivity index (χ1) is 13.0. The summed E-state index contributed by atoms with van der Waals surface area (Å²) in [4.78, 5) is 11.5. The van der Waals surface area contributed by atoms with E-state index in [4.69, 9.17) is 16.2 Å². The highest BCUT2D eigenvalue weighted by atomic mass is 16.5. The number of nitrogens with one attached hydrogen (secondary N) is 1. The van der Waals surface area contributed by atoms with E-state index in [2.05, 4.69) is 47.0 Å². The highest BCUT2D eigenvalue weighted by Crippen LogP contribution is 2.23. The summed E-state index contributed by atoms with van der Waals surface area (Å²) in [5.74, 6) is 1.46. The smallest absolute Gasteiger partial charge is 0.132 e. The first kappa shape index (κ1) is 19.0. The van der Waals surface area contributed by atoms with Gasteiger partial charge in [-0.3, -0.25) is 4.98 Å². The van der Waals surface area contributed by atoms with Gasteiger partial charge >= 0.3 is 0 Å². The second kappa shape index (κ2) is 8.26. The van der Waals surface area contributed by atoms with E-state index in [-0.39, 0.29) is 0 Å². The van der Waals surface area contributed by atoms with Crippen molar-refractivity contribution in [1.29, 1.82) is 0 Å². The van der Waals surface area contributed by atoms with Crippen LogP contribution < -0.4 is 21.7 Å². The molecule has 1 aliphatic rings.